The molecule has 1 heterocycles. The first-order valence-corrected chi connectivity index (χ1v) is 7.02. The van der Waals surface area contributed by atoms with Crippen molar-refractivity contribution in [2.45, 2.75) is 44.6 Å². The summed E-state index contributed by atoms with van der Waals surface area (Å²) in [5, 5.41) is 12.3. The van der Waals surface area contributed by atoms with Gasteiger partial charge in [-0.25, -0.2) is 0 Å². The molecule has 0 aromatic heterocycles. The van der Waals surface area contributed by atoms with E-state index in [4.69, 9.17) is 14.7 Å². The minimum Gasteiger partial charge on any atom is -0.381 e. The average molecular weight is 254 g/mol. The number of nitrogens with zero attached hydrogens (tertiary/aromatic N) is 1. The Morgan fingerprint density at radius 3 is 2.72 bits per heavy atom. The van der Waals surface area contributed by atoms with Crippen molar-refractivity contribution >= 4 is 0 Å². The van der Waals surface area contributed by atoms with Gasteiger partial charge >= 0.3 is 0 Å². The third kappa shape index (κ3) is 4.93. The van der Waals surface area contributed by atoms with Gasteiger partial charge in [0.15, 0.2) is 0 Å². The van der Waals surface area contributed by atoms with Crippen molar-refractivity contribution in [3.8, 4) is 6.07 Å². The molecule has 4 nitrogen and oxygen atoms in total. The molecule has 1 aliphatic rings. The molecule has 0 aliphatic carbocycles. The summed E-state index contributed by atoms with van der Waals surface area (Å²) in [6.07, 6.45) is 4.86. The van der Waals surface area contributed by atoms with Crippen molar-refractivity contribution in [3.63, 3.8) is 0 Å². The van der Waals surface area contributed by atoms with E-state index >= 15 is 0 Å². The molecule has 4 heteroatoms. The van der Waals surface area contributed by atoms with Crippen molar-refractivity contribution in [1.82, 2.24) is 5.32 Å². The van der Waals surface area contributed by atoms with Crippen LogP contribution in [-0.2, 0) is 9.47 Å². The van der Waals surface area contributed by atoms with Crippen LogP contribution in [0.25, 0.3) is 0 Å². The molecular weight excluding hydrogens is 228 g/mol. The van der Waals surface area contributed by atoms with E-state index in [1.54, 1.807) is 0 Å². The summed E-state index contributed by atoms with van der Waals surface area (Å²) in [4.78, 5) is 0. The molecule has 1 fully saturated rings. The van der Waals surface area contributed by atoms with Crippen LogP contribution < -0.4 is 5.32 Å². The Morgan fingerprint density at radius 1 is 1.44 bits per heavy atom. The second-order valence-corrected chi connectivity index (χ2v) is 5.03. The van der Waals surface area contributed by atoms with Crippen molar-refractivity contribution in [3.05, 3.63) is 0 Å². The van der Waals surface area contributed by atoms with Crippen LogP contribution in [0, 0.1) is 17.2 Å². The largest absolute Gasteiger partial charge is 0.381 e. The van der Waals surface area contributed by atoms with Crippen LogP contribution in [-0.4, -0.2) is 39.0 Å². The maximum absolute atomic E-state index is 9.17. The molecule has 0 amide bonds. The van der Waals surface area contributed by atoms with Gasteiger partial charge in [-0.3, -0.25) is 0 Å². The van der Waals surface area contributed by atoms with E-state index < -0.39 is 0 Å². The highest BCUT2D eigenvalue weighted by atomic mass is 16.5. The van der Waals surface area contributed by atoms with E-state index in [-0.39, 0.29) is 5.54 Å². The molecule has 0 bridgehead atoms. The van der Waals surface area contributed by atoms with E-state index in [9.17, 15) is 0 Å². The van der Waals surface area contributed by atoms with Gasteiger partial charge < -0.3 is 14.8 Å². The Labute approximate surface area is 111 Å². The van der Waals surface area contributed by atoms with Crippen molar-refractivity contribution in [2.75, 3.05) is 33.5 Å². The molecule has 18 heavy (non-hydrogen) atoms. The first-order valence-electron chi connectivity index (χ1n) is 7.02. The highest BCUT2D eigenvalue weighted by Crippen LogP contribution is 2.17. The van der Waals surface area contributed by atoms with E-state index in [1.807, 2.05) is 14.0 Å². The second kappa shape index (κ2) is 8.47. The lowest BCUT2D eigenvalue weighted by atomic mass is 9.92. The third-order valence-electron chi connectivity index (χ3n) is 3.88. The van der Waals surface area contributed by atoms with Gasteiger partial charge in [0.2, 0.25) is 0 Å². The van der Waals surface area contributed by atoms with Crippen LogP contribution in [0.4, 0.5) is 0 Å². The van der Waals surface area contributed by atoms with Gasteiger partial charge in [0, 0.05) is 26.4 Å². The number of nitrogens with one attached hydrogen (secondary N) is 1. The van der Waals surface area contributed by atoms with Crippen LogP contribution in [0.2, 0.25) is 0 Å². The van der Waals surface area contributed by atoms with Crippen LogP contribution in [0.15, 0.2) is 0 Å². The minimum absolute atomic E-state index is 0.373. The van der Waals surface area contributed by atoms with Gasteiger partial charge in [0.05, 0.1) is 6.07 Å². The molecule has 0 saturated carbocycles. The molecular formula is C14H26N2O2. The van der Waals surface area contributed by atoms with Crippen LogP contribution >= 0.6 is 0 Å². The van der Waals surface area contributed by atoms with Gasteiger partial charge in [-0.1, -0.05) is 6.92 Å². The van der Waals surface area contributed by atoms with E-state index in [2.05, 4.69) is 11.4 Å². The SMILES string of the molecule is CCC(C#N)(CCCOCC1CCOCC1)NC. The molecule has 104 valence electrons. The smallest absolute Gasteiger partial charge is 0.106 e. The van der Waals surface area contributed by atoms with Crippen molar-refractivity contribution in [2.24, 2.45) is 5.92 Å². The summed E-state index contributed by atoms with van der Waals surface area (Å²) in [5.74, 6) is 0.662. The van der Waals surface area contributed by atoms with Gasteiger partial charge in [-0.2, -0.15) is 5.26 Å². The lowest BCUT2D eigenvalue weighted by Crippen LogP contribution is -2.40. The Bertz CT molecular complexity index is 253. The summed E-state index contributed by atoms with van der Waals surface area (Å²) >= 11 is 0. The molecule has 0 spiro atoms. The van der Waals surface area contributed by atoms with E-state index in [0.717, 1.165) is 58.5 Å². The predicted molar refractivity (Wildman–Crippen MR) is 71.3 cm³/mol. The molecule has 0 aromatic rings. The van der Waals surface area contributed by atoms with E-state index in [0.29, 0.717) is 5.92 Å². The quantitative estimate of drug-likeness (QED) is 0.674. The highest BCUT2D eigenvalue weighted by Gasteiger charge is 2.24. The minimum atomic E-state index is -0.373. The fourth-order valence-corrected chi connectivity index (χ4v) is 2.31. The van der Waals surface area contributed by atoms with Crippen molar-refractivity contribution < 1.29 is 9.47 Å². The Morgan fingerprint density at radius 2 is 2.17 bits per heavy atom. The molecule has 0 aromatic carbocycles. The standard InChI is InChI=1S/C14H26N2O2/c1-3-14(12-15,16-2)7-4-8-18-11-13-5-9-17-10-6-13/h13,16H,3-11H2,1-2H3. The topological polar surface area (TPSA) is 54.3 Å². The van der Waals surface area contributed by atoms with E-state index in [1.165, 1.54) is 0 Å². The highest BCUT2D eigenvalue weighted by molar-refractivity contribution is 5.05. The lowest BCUT2D eigenvalue weighted by Gasteiger charge is -2.25. The zero-order chi connectivity index (χ0) is 13.3. The fourth-order valence-electron chi connectivity index (χ4n) is 2.31. The maximum Gasteiger partial charge on any atom is 0.106 e. The average Bonchev–Trinajstić information content (AvgIpc) is 2.45. The molecule has 0 radical (unpaired) electrons. The summed E-state index contributed by atoms with van der Waals surface area (Å²) in [6, 6.07) is 2.37. The number of rotatable bonds is 8. The Kier molecular flexibility index (Phi) is 7.26. The zero-order valence-corrected chi connectivity index (χ0v) is 11.7. The summed E-state index contributed by atoms with van der Waals surface area (Å²) in [7, 11) is 1.86. The summed E-state index contributed by atoms with van der Waals surface area (Å²) in [5.41, 5.74) is -0.373. The Hall–Kier alpha value is -0.630. The fraction of sp³-hybridized carbons (Fsp3) is 0.929. The molecule has 1 rings (SSSR count). The molecule has 1 atom stereocenters. The van der Waals surface area contributed by atoms with Gasteiger partial charge in [-0.15, -0.1) is 0 Å². The number of hydrogen-bond acceptors (Lipinski definition) is 4. The molecule has 1 N–H and O–H groups in total. The number of hydrogen-bond donors (Lipinski definition) is 1. The molecule has 1 aliphatic heterocycles. The molecule has 1 unspecified atom stereocenters. The number of nitriles is 1. The predicted octanol–water partition coefficient (Wildman–Crippen LogP) is 2.10. The van der Waals surface area contributed by atoms with Gasteiger partial charge in [0.1, 0.15) is 5.54 Å². The van der Waals surface area contributed by atoms with Crippen LogP contribution in [0.5, 0.6) is 0 Å². The summed E-state index contributed by atoms with van der Waals surface area (Å²) in [6.45, 7) is 5.39. The first-order chi connectivity index (χ1) is 8.76. The van der Waals surface area contributed by atoms with Crippen LogP contribution in [0.1, 0.15) is 39.0 Å². The molecule has 1 saturated heterocycles. The lowest BCUT2D eigenvalue weighted by molar-refractivity contribution is 0.0191. The monoisotopic (exact) mass is 254 g/mol. The first kappa shape index (κ1) is 15.4. The van der Waals surface area contributed by atoms with Gasteiger partial charge in [-0.05, 0) is 45.1 Å². The van der Waals surface area contributed by atoms with Crippen LogP contribution in [0.3, 0.4) is 0 Å². The van der Waals surface area contributed by atoms with Crippen molar-refractivity contribution in [1.29, 1.82) is 5.26 Å². The maximum atomic E-state index is 9.17. The summed E-state index contributed by atoms with van der Waals surface area (Å²) < 4.78 is 11.0. The zero-order valence-electron chi connectivity index (χ0n) is 11.7. The van der Waals surface area contributed by atoms with Gasteiger partial charge in [0.25, 0.3) is 0 Å². The Balaban J connectivity index is 2.09. The third-order valence-corrected chi connectivity index (χ3v) is 3.88. The number of ether oxygens (including phenoxy) is 2. The second-order valence-electron chi connectivity index (χ2n) is 5.03. The normalized spacial score (nSPS) is 20.3.